The van der Waals surface area contributed by atoms with Crippen LogP contribution in [-0.2, 0) is 12.7 Å². The van der Waals surface area contributed by atoms with E-state index < -0.39 is 11.7 Å². The fraction of sp³-hybridized carbons (Fsp3) is 0.375. The van der Waals surface area contributed by atoms with Gasteiger partial charge in [-0.15, -0.1) is 0 Å². The van der Waals surface area contributed by atoms with Gasteiger partial charge in [-0.3, -0.25) is 0 Å². The Bertz CT molecular complexity index is 743. The van der Waals surface area contributed by atoms with Gasteiger partial charge in [-0.2, -0.15) is 23.1 Å². The number of nitrogens with two attached hydrogens (primary N) is 1. The summed E-state index contributed by atoms with van der Waals surface area (Å²) in [5, 5.41) is 6.18. The summed E-state index contributed by atoms with van der Waals surface area (Å²) in [6.07, 6.45) is -4.36. The van der Waals surface area contributed by atoms with Gasteiger partial charge in [-0.25, -0.2) is 0 Å². The monoisotopic (exact) mass is 352 g/mol. The molecule has 3 rings (SSSR count). The molecule has 9 heteroatoms. The molecule has 6 nitrogen and oxygen atoms in total. The number of anilines is 3. The van der Waals surface area contributed by atoms with Crippen LogP contribution < -0.4 is 21.3 Å². The van der Waals surface area contributed by atoms with Gasteiger partial charge in [-0.05, 0) is 24.7 Å². The highest BCUT2D eigenvalue weighted by molar-refractivity contribution is 5.54. The number of hydrogen-bond acceptors (Lipinski definition) is 6. The molecule has 134 valence electrons. The summed E-state index contributed by atoms with van der Waals surface area (Å²) in [5.74, 6) is 1.30. The third-order valence-electron chi connectivity index (χ3n) is 4.07. The number of alkyl halides is 3. The molecular formula is C16H19F3N6. The highest BCUT2D eigenvalue weighted by atomic mass is 19.4. The lowest BCUT2D eigenvalue weighted by Gasteiger charge is -2.40. The fourth-order valence-electron chi connectivity index (χ4n) is 2.60. The highest BCUT2D eigenvalue weighted by Crippen LogP contribution is 2.29. The van der Waals surface area contributed by atoms with E-state index in [2.05, 4.69) is 25.5 Å². The molecule has 1 aromatic carbocycles. The van der Waals surface area contributed by atoms with E-state index in [1.165, 1.54) is 6.07 Å². The van der Waals surface area contributed by atoms with Crippen molar-refractivity contribution in [2.24, 2.45) is 0 Å². The Morgan fingerprint density at radius 2 is 2.00 bits per heavy atom. The first-order chi connectivity index (χ1) is 11.8. The van der Waals surface area contributed by atoms with Crippen LogP contribution in [0.3, 0.4) is 0 Å². The molecule has 0 spiro atoms. The van der Waals surface area contributed by atoms with Gasteiger partial charge in [0.2, 0.25) is 5.95 Å². The van der Waals surface area contributed by atoms with E-state index in [1.54, 1.807) is 12.1 Å². The number of benzene rings is 1. The Hall–Kier alpha value is -2.55. The third-order valence-corrected chi connectivity index (χ3v) is 4.07. The second-order valence-electron chi connectivity index (χ2n) is 5.91. The van der Waals surface area contributed by atoms with Gasteiger partial charge in [-0.1, -0.05) is 12.1 Å². The molecule has 4 N–H and O–H groups in total. The maximum Gasteiger partial charge on any atom is 0.416 e. The van der Waals surface area contributed by atoms with Crippen LogP contribution in [0.1, 0.15) is 11.1 Å². The summed E-state index contributed by atoms with van der Waals surface area (Å²) < 4.78 is 38.3. The van der Waals surface area contributed by atoms with Crippen LogP contribution in [0.15, 0.2) is 30.3 Å². The number of likely N-dealkylation sites (N-methyl/N-ethyl adjacent to an activating group) is 1. The molecule has 1 aliphatic rings. The summed E-state index contributed by atoms with van der Waals surface area (Å²) in [7, 11) is 1.90. The normalized spacial score (nSPS) is 15.1. The quantitative estimate of drug-likeness (QED) is 0.765. The second kappa shape index (κ2) is 6.75. The Labute approximate surface area is 143 Å². The van der Waals surface area contributed by atoms with Crippen LogP contribution in [0.4, 0.5) is 30.8 Å². The van der Waals surface area contributed by atoms with Crippen molar-refractivity contribution in [1.29, 1.82) is 0 Å². The first-order valence-electron chi connectivity index (χ1n) is 7.82. The molecule has 0 atom stereocenters. The summed E-state index contributed by atoms with van der Waals surface area (Å²) in [5.41, 5.74) is 5.57. The third kappa shape index (κ3) is 4.11. The van der Waals surface area contributed by atoms with Crippen LogP contribution in [0.5, 0.6) is 0 Å². The molecule has 1 saturated heterocycles. The Balaban J connectivity index is 1.68. The van der Waals surface area contributed by atoms with E-state index in [1.807, 2.05) is 7.05 Å². The second-order valence-corrected chi connectivity index (χ2v) is 5.91. The van der Waals surface area contributed by atoms with Gasteiger partial charge >= 0.3 is 6.18 Å². The van der Waals surface area contributed by atoms with Crippen LogP contribution in [0, 0.1) is 0 Å². The molecule has 2 heterocycles. The molecule has 0 amide bonds. The van der Waals surface area contributed by atoms with Gasteiger partial charge < -0.3 is 21.3 Å². The largest absolute Gasteiger partial charge is 0.416 e. The maximum absolute atomic E-state index is 12.8. The zero-order valence-electron chi connectivity index (χ0n) is 13.6. The minimum Gasteiger partial charge on any atom is -0.368 e. The van der Waals surface area contributed by atoms with Crippen LogP contribution in [0.25, 0.3) is 0 Å². The Kier molecular flexibility index (Phi) is 4.67. The van der Waals surface area contributed by atoms with E-state index >= 15 is 0 Å². The molecule has 0 aliphatic carbocycles. The average Bonchev–Trinajstić information content (AvgIpc) is 2.51. The van der Waals surface area contributed by atoms with E-state index in [9.17, 15) is 13.2 Å². The molecule has 1 aromatic heterocycles. The molecular weight excluding hydrogens is 333 g/mol. The minimum absolute atomic E-state index is 0.122. The number of nitrogens with zero attached hydrogens (tertiary/aromatic N) is 3. The van der Waals surface area contributed by atoms with Crippen molar-refractivity contribution in [2.45, 2.75) is 18.8 Å². The lowest BCUT2D eigenvalue weighted by atomic mass is 10.1. The van der Waals surface area contributed by atoms with Gasteiger partial charge in [0.1, 0.15) is 11.6 Å². The summed E-state index contributed by atoms with van der Waals surface area (Å²) in [6.45, 7) is 1.85. The van der Waals surface area contributed by atoms with E-state index in [4.69, 9.17) is 5.73 Å². The number of hydrogen-bond donors (Lipinski definition) is 3. The Morgan fingerprint density at radius 3 is 2.68 bits per heavy atom. The average molecular weight is 352 g/mol. The lowest BCUT2D eigenvalue weighted by Crippen LogP contribution is -2.57. The highest BCUT2D eigenvalue weighted by Gasteiger charge is 2.30. The van der Waals surface area contributed by atoms with Crippen molar-refractivity contribution in [3.05, 3.63) is 41.5 Å². The van der Waals surface area contributed by atoms with Crippen molar-refractivity contribution in [2.75, 3.05) is 36.1 Å². The van der Waals surface area contributed by atoms with Crippen LogP contribution in [-0.4, -0.2) is 36.1 Å². The first kappa shape index (κ1) is 17.3. The molecule has 0 bridgehead atoms. The van der Waals surface area contributed by atoms with Crippen molar-refractivity contribution in [3.63, 3.8) is 0 Å². The summed E-state index contributed by atoms with van der Waals surface area (Å²) in [6, 6.07) is 7.34. The molecule has 0 radical (unpaired) electrons. The zero-order valence-corrected chi connectivity index (χ0v) is 13.6. The standard InChI is InChI=1S/C16H19F3N6/c1-21-12-8-25(9-12)14-6-13(23-15(20)24-14)22-7-10-3-2-4-11(5-10)16(17,18)19/h2-6,12,21H,7-9H2,1H3,(H3,20,22,23,24). The van der Waals surface area contributed by atoms with Crippen LogP contribution in [0.2, 0.25) is 0 Å². The number of rotatable bonds is 5. The van der Waals surface area contributed by atoms with Gasteiger partial charge in [0, 0.05) is 31.7 Å². The zero-order chi connectivity index (χ0) is 18.0. The molecule has 1 aliphatic heterocycles. The molecule has 0 saturated carbocycles. The number of halogens is 3. The molecule has 25 heavy (non-hydrogen) atoms. The minimum atomic E-state index is -4.36. The van der Waals surface area contributed by atoms with Crippen molar-refractivity contribution < 1.29 is 13.2 Å². The van der Waals surface area contributed by atoms with Gasteiger partial charge in [0.25, 0.3) is 0 Å². The SMILES string of the molecule is CNC1CN(c2cc(NCc3cccc(C(F)(F)F)c3)nc(N)n2)C1. The number of aromatic nitrogens is 2. The Morgan fingerprint density at radius 1 is 1.24 bits per heavy atom. The van der Waals surface area contributed by atoms with Crippen molar-refractivity contribution in [1.82, 2.24) is 15.3 Å². The molecule has 1 fully saturated rings. The smallest absolute Gasteiger partial charge is 0.368 e. The maximum atomic E-state index is 12.8. The van der Waals surface area contributed by atoms with E-state index in [-0.39, 0.29) is 12.5 Å². The number of nitrogens with one attached hydrogen (secondary N) is 2. The van der Waals surface area contributed by atoms with E-state index in [0.717, 1.165) is 25.2 Å². The fourth-order valence-corrected chi connectivity index (χ4v) is 2.60. The van der Waals surface area contributed by atoms with Crippen LogP contribution >= 0.6 is 0 Å². The van der Waals surface area contributed by atoms with Crippen molar-refractivity contribution >= 4 is 17.6 Å². The topological polar surface area (TPSA) is 79.1 Å². The first-order valence-corrected chi connectivity index (χ1v) is 7.82. The molecule has 2 aromatic rings. The van der Waals surface area contributed by atoms with Gasteiger partial charge in [0.05, 0.1) is 5.56 Å². The predicted octanol–water partition coefficient (Wildman–Crippen LogP) is 2.10. The lowest BCUT2D eigenvalue weighted by molar-refractivity contribution is -0.137. The van der Waals surface area contributed by atoms with E-state index in [0.29, 0.717) is 23.2 Å². The van der Waals surface area contributed by atoms with Crippen molar-refractivity contribution in [3.8, 4) is 0 Å². The summed E-state index contributed by atoms with van der Waals surface area (Å²) in [4.78, 5) is 10.3. The van der Waals surface area contributed by atoms with Gasteiger partial charge in [0.15, 0.2) is 0 Å². The summed E-state index contributed by atoms with van der Waals surface area (Å²) >= 11 is 0. The molecule has 0 unspecified atom stereocenters. The number of nitrogen functional groups attached to an aromatic ring is 1. The predicted molar refractivity (Wildman–Crippen MR) is 90.3 cm³/mol.